The van der Waals surface area contributed by atoms with E-state index in [0.717, 1.165) is 5.56 Å². The molecule has 9 heteroatoms. The first kappa shape index (κ1) is 19.2. The quantitative estimate of drug-likeness (QED) is 0.409. The van der Waals surface area contributed by atoms with Crippen molar-refractivity contribution in [2.75, 3.05) is 19.9 Å². The van der Waals surface area contributed by atoms with E-state index in [0.29, 0.717) is 24.6 Å². The second kappa shape index (κ2) is 8.38. The van der Waals surface area contributed by atoms with Crippen LogP contribution in [-0.4, -0.2) is 41.6 Å². The van der Waals surface area contributed by atoms with E-state index in [1.165, 1.54) is 24.3 Å². The molecular formula is C19H18N2O7. The summed E-state index contributed by atoms with van der Waals surface area (Å²) >= 11 is 0. The number of carbonyl (C=O) groups excluding carboxylic acids is 2. The highest BCUT2D eigenvalue weighted by atomic mass is 16.7. The van der Waals surface area contributed by atoms with Gasteiger partial charge in [0.15, 0.2) is 18.1 Å². The van der Waals surface area contributed by atoms with Crippen LogP contribution in [0, 0.1) is 10.1 Å². The average molecular weight is 386 g/mol. The van der Waals surface area contributed by atoms with Crippen molar-refractivity contribution >= 4 is 17.6 Å². The number of esters is 1. The Morgan fingerprint density at radius 1 is 1.14 bits per heavy atom. The van der Waals surface area contributed by atoms with Crippen molar-refractivity contribution in [3.05, 3.63) is 63.7 Å². The van der Waals surface area contributed by atoms with Crippen LogP contribution in [0.5, 0.6) is 11.5 Å². The summed E-state index contributed by atoms with van der Waals surface area (Å²) in [4.78, 5) is 36.1. The van der Waals surface area contributed by atoms with E-state index < -0.39 is 17.5 Å². The normalized spacial score (nSPS) is 11.8. The van der Waals surface area contributed by atoms with Gasteiger partial charge in [0.25, 0.3) is 11.6 Å². The summed E-state index contributed by atoms with van der Waals surface area (Å²) in [7, 11) is 0. The van der Waals surface area contributed by atoms with Crippen LogP contribution < -0.4 is 9.47 Å². The van der Waals surface area contributed by atoms with Crippen LogP contribution in [0.25, 0.3) is 0 Å². The fourth-order valence-electron chi connectivity index (χ4n) is 2.66. The van der Waals surface area contributed by atoms with Gasteiger partial charge in [0.1, 0.15) is 0 Å². The molecule has 28 heavy (non-hydrogen) atoms. The summed E-state index contributed by atoms with van der Waals surface area (Å²) in [6, 6.07) is 10.4. The summed E-state index contributed by atoms with van der Waals surface area (Å²) in [5.74, 6) is 0.221. The van der Waals surface area contributed by atoms with Crippen molar-refractivity contribution in [1.29, 1.82) is 0 Å². The van der Waals surface area contributed by atoms with Crippen LogP contribution in [-0.2, 0) is 16.1 Å². The molecule has 1 heterocycles. The third-order valence-electron chi connectivity index (χ3n) is 4.19. The number of hydrogen-bond acceptors (Lipinski definition) is 7. The standard InChI is InChI=1S/C19H18N2O7/c1-2-20(10-13-3-8-16-17(9-13)28-12-27-16)18(22)11-26-19(23)14-4-6-15(7-5-14)21(24)25/h3-9H,2,10-12H2,1H3. The van der Waals surface area contributed by atoms with Gasteiger partial charge in [-0.05, 0) is 36.8 Å². The molecule has 0 fully saturated rings. The second-order valence-corrected chi connectivity index (χ2v) is 5.98. The number of nitrogens with zero attached hydrogens (tertiary/aromatic N) is 2. The van der Waals surface area contributed by atoms with Crippen LogP contribution in [0.1, 0.15) is 22.8 Å². The van der Waals surface area contributed by atoms with Crippen molar-refractivity contribution in [3.63, 3.8) is 0 Å². The largest absolute Gasteiger partial charge is 0.454 e. The molecule has 0 spiro atoms. The second-order valence-electron chi connectivity index (χ2n) is 5.98. The molecule has 0 bridgehead atoms. The van der Waals surface area contributed by atoms with Gasteiger partial charge in [-0.2, -0.15) is 0 Å². The average Bonchev–Trinajstić information content (AvgIpc) is 3.17. The van der Waals surface area contributed by atoms with E-state index in [4.69, 9.17) is 14.2 Å². The van der Waals surface area contributed by atoms with Crippen LogP contribution in [0.2, 0.25) is 0 Å². The van der Waals surface area contributed by atoms with Crippen LogP contribution in [0.15, 0.2) is 42.5 Å². The van der Waals surface area contributed by atoms with Gasteiger partial charge in [-0.1, -0.05) is 6.07 Å². The highest BCUT2D eigenvalue weighted by Crippen LogP contribution is 2.32. The lowest BCUT2D eigenvalue weighted by Gasteiger charge is -2.21. The van der Waals surface area contributed by atoms with Crippen molar-refractivity contribution in [2.24, 2.45) is 0 Å². The number of amides is 1. The monoisotopic (exact) mass is 386 g/mol. The molecule has 9 nitrogen and oxygen atoms in total. The summed E-state index contributed by atoms with van der Waals surface area (Å²) < 4.78 is 15.6. The molecule has 0 radical (unpaired) electrons. The molecule has 3 rings (SSSR count). The maximum absolute atomic E-state index is 12.4. The van der Waals surface area contributed by atoms with Crippen molar-refractivity contribution < 1.29 is 28.7 Å². The topological polar surface area (TPSA) is 108 Å². The molecular weight excluding hydrogens is 368 g/mol. The summed E-state index contributed by atoms with van der Waals surface area (Å²) in [5.41, 5.74) is 0.867. The van der Waals surface area contributed by atoms with Crippen molar-refractivity contribution in [2.45, 2.75) is 13.5 Å². The van der Waals surface area contributed by atoms with Gasteiger partial charge in [0, 0.05) is 25.2 Å². The SMILES string of the molecule is CCN(Cc1ccc2c(c1)OCO2)C(=O)COC(=O)c1ccc([N+](=O)[O-])cc1. The fourth-order valence-corrected chi connectivity index (χ4v) is 2.66. The van der Waals surface area contributed by atoms with Gasteiger partial charge in [0.05, 0.1) is 10.5 Å². The lowest BCUT2D eigenvalue weighted by Crippen LogP contribution is -2.34. The van der Waals surface area contributed by atoms with E-state index >= 15 is 0 Å². The first-order valence-corrected chi connectivity index (χ1v) is 8.56. The van der Waals surface area contributed by atoms with Crippen LogP contribution >= 0.6 is 0 Å². The minimum atomic E-state index is -0.720. The van der Waals surface area contributed by atoms with Crippen LogP contribution in [0.3, 0.4) is 0 Å². The molecule has 0 aromatic heterocycles. The number of nitro groups is 1. The Kier molecular flexibility index (Phi) is 5.73. The Labute approximate surface area is 160 Å². The lowest BCUT2D eigenvalue weighted by atomic mass is 10.2. The highest BCUT2D eigenvalue weighted by Gasteiger charge is 2.18. The van der Waals surface area contributed by atoms with E-state index in [9.17, 15) is 19.7 Å². The molecule has 2 aromatic carbocycles. The van der Waals surface area contributed by atoms with E-state index in [2.05, 4.69) is 0 Å². The van der Waals surface area contributed by atoms with Gasteiger partial charge in [-0.25, -0.2) is 4.79 Å². The third-order valence-corrected chi connectivity index (χ3v) is 4.19. The Morgan fingerprint density at radius 2 is 1.86 bits per heavy atom. The summed E-state index contributed by atoms with van der Waals surface area (Å²) in [5, 5.41) is 10.6. The Balaban J connectivity index is 1.56. The van der Waals surface area contributed by atoms with E-state index in [-0.39, 0.29) is 24.0 Å². The number of ether oxygens (including phenoxy) is 3. The fraction of sp³-hybridized carbons (Fsp3) is 0.263. The smallest absolute Gasteiger partial charge is 0.338 e. The molecule has 0 saturated carbocycles. The molecule has 0 atom stereocenters. The number of rotatable bonds is 7. The summed E-state index contributed by atoms with van der Waals surface area (Å²) in [6.45, 7) is 2.34. The zero-order valence-electron chi connectivity index (χ0n) is 15.1. The molecule has 146 valence electrons. The molecule has 2 aromatic rings. The number of benzene rings is 2. The number of likely N-dealkylation sites (N-methyl/N-ethyl adjacent to an activating group) is 1. The van der Waals surface area contributed by atoms with Gasteiger partial charge in [-0.3, -0.25) is 14.9 Å². The molecule has 1 aliphatic heterocycles. The van der Waals surface area contributed by atoms with Gasteiger partial charge >= 0.3 is 5.97 Å². The predicted molar refractivity (Wildman–Crippen MR) is 97.0 cm³/mol. The first-order valence-electron chi connectivity index (χ1n) is 8.56. The van der Waals surface area contributed by atoms with Crippen LogP contribution in [0.4, 0.5) is 5.69 Å². The Morgan fingerprint density at radius 3 is 2.54 bits per heavy atom. The van der Waals surface area contributed by atoms with Crippen molar-refractivity contribution in [3.8, 4) is 11.5 Å². The Bertz CT molecular complexity index is 896. The lowest BCUT2D eigenvalue weighted by molar-refractivity contribution is -0.384. The van der Waals surface area contributed by atoms with Crippen molar-refractivity contribution in [1.82, 2.24) is 4.90 Å². The van der Waals surface area contributed by atoms with Gasteiger partial charge in [-0.15, -0.1) is 0 Å². The number of carbonyl (C=O) groups is 2. The molecule has 0 aliphatic carbocycles. The minimum absolute atomic E-state index is 0.131. The molecule has 0 saturated heterocycles. The molecule has 1 amide bonds. The number of non-ortho nitro benzene ring substituents is 1. The van der Waals surface area contributed by atoms with E-state index in [1.807, 2.05) is 13.0 Å². The predicted octanol–water partition coefficient (Wildman–Crippen LogP) is 2.53. The molecule has 0 N–H and O–H groups in total. The van der Waals surface area contributed by atoms with Gasteiger partial charge < -0.3 is 19.1 Å². The molecule has 1 aliphatic rings. The number of hydrogen-bond donors (Lipinski definition) is 0. The van der Waals surface area contributed by atoms with Gasteiger partial charge in [0.2, 0.25) is 6.79 Å². The maximum Gasteiger partial charge on any atom is 0.338 e. The Hall–Kier alpha value is -3.62. The third kappa shape index (κ3) is 4.37. The molecule has 0 unspecified atom stereocenters. The highest BCUT2D eigenvalue weighted by molar-refractivity contribution is 5.91. The minimum Gasteiger partial charge on any atom is -0.454 e. The maximum atomic E-state index is 12.4. The van der Waals surface area contributed by atoms with E-state index in [1.54, 1.807) is 17.0 Å². The number of fused-ring (bicyclic) bond motifs is 1. The first-order chi connectivity index (χ1) is 13.5. The zero-order chi connectivity index (χ0) is 20.1. The summed E-state index contributed by atoms with van der Waals surface area (Å²) in [6.07, 6.45) is 0. The zero-order valence-corrected chi connectivity index (χ0v) is 15.1. The number of nitro benzene ring substituents is 1.